The van der Waals surface area contributed by atoms with Crippen LogP contribution in [0, 0.1) is 0 Å². The Morgan fingerprint density at radius 1 is 1.00 bits per heavy atom. The number of amides is 1. The summed E-state index contributed by atoms with van der Waals surface area (Å²) in [4.78, 5) is 93.4. The summed E-state index contributed by atoms with van der Waals surface area (Å²) in [6, 6.07) is 4.92. The Balaban J connectivity index is 1.42. The molecule has 0 radical (unpaired) electrons. The van der Waals surface area contributed by atoms with Crippen molar-refractivity contribution in [1.29, 1.82) is 0 Å². The lowest BCUT2D eigenvalue weighted by Crippen LogP contribution is -2.50. The number of nitrogen functional groups attached to an aromatic ring is 1. The SMILES string of the molecule is CC(=O)C(C)(C)NOCCNC(C)(C)C(=O)CCC(=O)CC[C@H](NC(=O)c1ccc(NCc2cnc3nc(N)[nH]c(=O)c3n2)cc1)C(=O)O. The largest absolute Gasteiger partial charge is 0.480 e. The quantitative estimate of drug-likeness (QED) is 0.0649. The monoisotopic (exact) mass is 681 g/mol. The third kappa shape index (κ3) is 11.5. The zero-order valence-corrected chi connectivity index (χ0v) is 28.1. The fourth-order valence-corrected chi connectivity index (χ4v) is 4.30. The van der Waals surface area contributed by atoms with Gasteiger partial charge in [-0.2, -0.15) is 10.5 Å². The topological polar surface area (TPSA) is 260 Å². The molecular weight excluding hydrogens is 638 g/mol. The van der Waals surface area contributed by atoms with E-state index in [2.05, 4.69) is 41.4 Å². The number of nitrogens with zero attached hydrogens (tertiary/aromatic N) is 3. The molecule has 1 atom stereocenters. The first-order valence-electron chi connectivity index (χ1n) is 15.6. The summed E-state index contributed by atoms with van der Waals surface area (Å²) in [5, 5.41) is 18.2. The highest BCUT2D eigenvalue weighted by molar-refractivity contribution is 5.97. The van der Waals surface area contributed by atoms with Crippen molar-refractivity contribution in [3.05, 3.63) is 52.1 Å². The minimum Gasteiger partial charge on any atom is -0.480 e. The molecule has 17 heteroatoms. The summed E-state index contributed by atoms with van der Waals surface area (Å²) in [6.07, 6.45) is 1.05. The average Bonchev–Trinajstić information content (AvgIpc) is 3.04. The first kappa shape index (κ1) is 38.3. The van der Waals surface area contributed by atoms with Gasteiger partial charge in [-0.05, 0) is 65.3 Å². The number of carbonyl (C=O) groups is 5. The number of aliphatic carboxylic acids is 1. The number of benzene rings is 1. The van der Waals surface area contributed by atoms with E-state index in [1.807, 2.05) is 0 Å². The molecule has 0 aliphatic heterocycles. The smallest absolute Gasteiger partial charge is 0.326 e. The molecule has 0 bridgehead atoms. The minimum absolute atomic E-state index is 0.0438. The number of hydrogen-bond donors (Lipinski definition) is 7. The normalized spacial score (nSPS) is 12.3. The number of ketones is 3. The molecule has 3 aromatic rings. The number of carboxylic acids is 1. The van der Waals surface area contributed by atoms with Crippen LogP contribution in [-0.2, 0) is 30.6 Å². The van der Waals surface area contributed by atoms with Crippen molar-refractivity contribution in [3.63, 3.8) is 0 Å². The first-order valence-corrected chi connectivity index (χ1v) is 15.6. The number of carboxylic acid groups (broad SMARTS) is 1. The van der Waals surface area contributed by atoms with Crippen LogP contribution in [0.4, 0.5) is 11.6 Å². The van der Waals surface area contributed by atoms with Gasteiger partial charge in [0.2, 0.25) is 5.95 Å². The molecule has 1 aromatic carbocycles. The Bertz CT molecular complexity index is 1740. The maximum Gasteiger partial charge on any atom is 0.326 e. The number of rotatable bonds is 20. The summed E-state index contributed by atoms with van der Waals surface area (Å²) in [5.41, 5.74) is 7.36. The number of nitrogens with two attached hydrogens (primary N) is 1. The van der Waals surface area contributed by atoms with Crippen molar-refractivity contribution in [2.24, 2.45) is 0 Å². The summed E-state index contributed by atoms with van der Waals surface area (Å²) in [7, 11) is 0. The van der Waals surface area contributed by atoms with Crippen LogP contribution >= 0.6 is 0 Å². The van der Waals surface area contributed by atoms with Gasteiger partial charge in [-0.15, -0.1) is 0 Å². The number of fused-ring (bicyclic) bond motifs is 1. The molecule has 0 saturated heterocycles. The van der Waals surface area contributed by atoms with Gasteiger partial charge in [0.05, 0.1) is 36.1 Å². The molecule has 49 heavy (non-hydrogen) atoms. The van der Waals surface area contributed by atoms with E-state index in [-0.39, 0.29) is 78.9 Å². The second-order valence-corrected chi connectivity index (χ2v) is 12.5. The number of Topliss-reactive ketones (excluding diaryl/α,β-unsaturated/α-hetero) is 3. The Labute approximate surface area is 282 Å². The third-order valence-corrected chi connectivity index (χ3v) is 7.73. The highest BCUT2D eigenvalue weighted by Crippen LogP contribution is 2.14. The maximum atomic E-state index is 12.8. The summed E-state index contributed by atoms with van der Waals surface area (Å²) in [5.74, 6) is -2.59. The molecule has 0 aliphatic rings. The Hall–Kier alpha value is -5.13. The molecule has 3 rings (SSSR count). The van der Waals surface area contributed by atoms with Crippen molar-refractivity contribution >= 4 is 52.0 Å². The van der Waals surface area contributed by atoms with Crippen LogP contribution in [0.5, 0.6) is 0 Å². The fourth-order valence-electron chi connectivity index (χ4n) is 4.30. The molecule has 8 N–H and O–H groups in total. The molecule has 2 heterocycles. The number of carbonyl (C=O) groups excluding carboxylic acids is 4. The van der Waals surface area contributed by atoms with Gasteiger partial charge < -0.3 is 26.8 Å². The van der Waals surface area contributed by atoms with Gasteiger partial charge in [0.15, 0.2) is 22.7 Å². The molecule has 0 saturated carbocycles. The molecule has 2 aromatic heterocycles. The maximum absolute atomic E-state index is 12.8. The zero-order valence-electron chi connectivity index (χ0n) is 28.1. The van der Waals surface area contributed by atoms with Gasteiger partial charge in [-0.25, -0.2) is 14.8 Å². The zero-order chi connectivity index (χ0) is 36.4. The van der Waals surface area contributed by atoms with Crippen LogP contribution in [0.25, 0.3) is 11.2 Å². The molecule has 264 valence electrons. The Morgan fingerprint density at radius 2 is 1.69 bits per heavy atom. The van der Waals surface area contributed by atoms with Crippen molar-refractivity contribution < 1.29 is 33.9 Å². The van der Waals surface area contributed by atoms with Crippen LogP contribution in [0.15, 0.2) is 35.3 Å². The fraction of sp³-hybridized carbons (Fsp3) is 0.469. The van der Waals surface area contributed by atoms with Gasteiger partial charge >= 0.3 is 5.97 Å². The lowest BCUT2D eigenvalue weighted by Gasteiger charge is -2.26. The number of hydroxylamine groups is 1. The number of aromatic amines is 1. The molecule has 0 unspecified atom stereocenters. The van der Waals surface area contributed by atoms with Crippen LogP contribution in [-0.4, -0.2) is 84.5 Å². The molecule has 17 nitrogen and oxygen atoms in total. The van der Waals surface area contributed by atoms with E-state index < -0.39 is 34.6 Å². The van der Waals surface area contributed by atoms with Gasteiger partial charge in [0.1, 0.15) is 11.8 Å². The van der Waals surface area contributed by atoms with Crippen molar-refractivity contribution in [2.75, 3.05) is 24.2 Å². The Kier molecular flexibility index (Phi) is 13.1. The molecule has 0 fully saturated rings. The molecule has 0 aliphatic carbocycles. The van der Waals surface area contributed by atoms with E-state index in [1.165, 1.54) is 25.3 Å². The third-order valence-electron chi connectivity index (χ3n) is 7.73. The number of anilines is 2. The number of aromatic nitrogens is 4. The van der Waals surface area contributed by atoms with Gasteiger partial charge in [0, 0.05) is 37.1 Å². The highest BCUT2D eigenvalue weighted by Gasteiger charge is 2.28. The van der Waals surface area contributed by atoms with Crippen LogP contribution in [0.2, 0.25) is 0 Å². The predicted octanol–water partition coefficient (Wildman–Crippen LogP) is 1.05. The lowest BCUT2D eigenvalue weighted by molar-refractivity contribution is -0.139. The van der Waals surface area contributed by atoms with Crippen molar-refractivity contribution in [2.45, 2.75) is 84.0 Å². The van der Waals surface area contributed by atoms with Crippen LogP contribution in [0.3, 0.4) is 0 Å². The van der Waals surface area contributed by atoms with E-state index in [4.69, 9.17) is 10.6 Å². The average molecular weight is 682 g/mol. The molecule has 1 amide bonds. The van der Waals surface area contributed by atoms with Crippen LogP contribution in [0.1, 0.15) is 76.4 Å². The van der Waals surface area contributed by atoms with Gasteiger partial charge in [-0.3, -0.25) is 33.8 Å². The van der Waals surface area contributed by atoms with E-state index in [0.717, 1.165) is 0 Å². The van der Waals surface area contributed by atoms with Crippen molar-refractivity contribution in [1.82, 2.24) is 36.0 Å². The summed E-state index contributed by atoms with van der Waals surface area (Å²) < 4.78 is 0. The van der Waals surface area contributed by atoms with Gasteiger partial charge in [0.25, 0.3) is 11.5 Å². The summed E-state index contributed by atoms with van der Waals surface area (Å²) >= 11 is 0. The van der Waals surface area contributed by atoms with E-state index >= 15 is 0 Å². The highest BCUT2D eigenvalue weighted by atomic mass is 16.6. The molecule has 0 spiro atoms. The number of H-pyrrole nitrogens is 1. The number of hydrogen-bond acceptors (Lipinski definition) is 14. The van der Waals surface area contributed by atoms with Gasteiger partial charge in [-0.1, -0.05) is 0 Å². The van der Waals surface area contributed by atoms with E-state index in [1.54, 1.807) is 39.8 Å². The van der Waals surface area contributed by atoms with Crippen molar-refractivity contribution in [3.8, 4) is 0 Å². The second-order valence-electron chi connectivity index (χ2n) is 12.5. The molecular formula is C32H43N9O8. The first-order chi connectivity index (χ1) is 23.0. The summed E-state index contributed by atoms with van der Waals surface area (Å²) in [6.45, 7) is 8.90. The standard InChI is InChI=1S/C32H43N9O8/c1-18(42)31(2,3)41-49-15-14-36-32(4,5)24(44)13-11-22(43)10-12-23(29(47)48)38-27(45)19-6-8-20(9-7-19)34-16-21-17-35-26-25(37-21)28(46)40-30(33)39-26/h6-9,17,23,34,36,41H,10-16H2,1-5H3,(H,38,45)(H,47,48)(H3,33,35,39,40,46)/t23-/m0/s1. The van der Waals surface area contributed by atoms with E-state index in [9.17, 15) is 33.9 Å². The second kappa shape index (κ2) is 16.8. The Morgan fingerprint density at radius 3 is 2.35 bits per heavy atom. The van der Waals surface area contributed by atoms with E-state index in [0.29, 0.717) is 17.9 Å². The predicted molar refractivity (Wildman–Crippen MR) is 179 cm³/mol. The van der Waals surface area contributed by atoms with Crippen LogP contribution < -0.4 is 32.7 Å². The number of nitrogens with one attached hydrogen (secondary N) is 5. The minimum atomic E-state index is -1.32. The lowest BCUT2D eigenvalue weighted by atomic mass is 9.93.